The molecule has 0 saturated carbocycles. The summed E-state index contributed by atoms with van der Waals surface area (Å²) >= 11 is 0. The van der Waals surface area contributed by atoms with E-state index in [4.69, 9.17) is 0 Å². The number of carbonyl (C=O) groups is 6. The number of amides is 4. The third-order valence-electron chi connectivity index (χ3n) is 10.1. The third-order valence-corrected chi connectivity index (χ3v) is 10.1. The number of carbonyl (C=O) groups excluding carboxylic acids is 4. The van der Waals surface area contributed by atoms with Crippen LogP contribution in [0.3, 0.4) is 0 Å². The smallest absolute Gasteiger partial charge is 0.326 e. The lowest BCUT2D eigenvalue weighted by Gasteiger charge is -2.23. The maximum Gasteiger partial charge on any atom is 0.326 e. The van der Waals surface area contributed by atoms with Gasteiger partial charge in [0, 0.05) is 72.7 Å². The Morgan fingerprint density at radius 1 is 0.467 bits per heavy atom. The van der Waals surface area contributed by atoms with Crippen molar-refractivity contribution in [3.05, 3.63) is 132 Å². The number of aromatic hydroxyl groups is 2. The van der Waals surface area contributed by atoms with Crippen molar-refractivity contribution in [2.24, 2.45) is 0 Å². The van der Waals surface area contributed by atoms with Crippen LogP contribution in [-0.4, -0.2) is 90.1 Å². The quantitative estimate of drug-likeness (QED) is 0.0571. The van der Waals surface area contributed by atoms with Crippen molar-refractivity contribution in [3.8, 4) is 11.5 Å². The molecule has 16 nitrogen and oxygen atoms in total. The molecule has 10 N–H and O–H groups in total. The fraction of sp³-hybridized carbons (Fsp3) is 0.227. The molecule has 6 rings (SSSR count). The molecule has 0 fully saturated rings. The Bertz CT molecular complexity index is 2320. The number of fused-ring (bicyclic) bond motifs is 2. The molecule has 6 aromatic rings. The lowest BCUT2D eigenvalue weighted by atomic mass is 10.0. The number of nitrogens with one attached hydrogen (secondary N) is 6. The Morgan fingerprint density at radius 2 is 0.833 bits per heavy atom. The van der Waals surface area contributed by atoms with E-state index >= 15 is 0 Å². The number of aromatic nitrogens is 2. The van der Waals surface area contributed by atoms with Crippen LogP contribution in [0.4, 0.5) is 0 Å². The van der Waals surface area contributed by atoms with Crippen LogP contribution in [0.15, 0.2) is 109 Å². The van der Waals surface area contributed by atoms with Gasteiger partial charge in [0.05, 0.1) is 0 Å². The molecule has 0 bridgehead atoms. The fourth-order valence-electron chi connectivity index (χ4n) is 6.90. The fourth-order valence-corrected chi connectivity index (χ4v) is 6.90. The average Bonchev–Trinajstić information content (AvgIpc) is 3.84. The molecule has 2 aromatic heterocycles. The molecule has 60 heavy (non-hydrogen) atoms. The number of H-pyrrole nitrogens is 2. The zero-order valence-corrected chi connectivity index (χ0v) is 32.2. The number of hydrogen-bond acceptors (Lipinski definition) is 8. The normalized spacial score (nSPS) is 13.1. The zero-order valence-electron chi connectivity index (χ0n) is 32.2. The second-order valence-corrected chi connectivity index (χ2v) is 14.4. The van der Waals surface area contributed by atoms with Crippen molar-refractivity contribution >= 4 is 57.4 Å². The summed E-state index contributed by atoms with van der Waals surface area (Å²) in [6.07, 6.45) is 2.19. The van der Waals surface area contributed by atoms with E-state index in [0.717, 1.165) is 21.8 Å². The number of para-hydroxylation sites is 2. The van der Waals surface area contributed by atoms with Gasteiger partial charge >= 0.3 is 11.9 Å². The molecule has 2 heterocycles. The minimum Gasteiger partial charge on any atom is -0.508 e. The Kier molecular flexibility index (Phi) is 13.5. The van der Waals surface area contributed by atoms with Crippen molar-refractivity contribution < 1.29 is 49.2 Å². The molecular weight excluding hydrogens is 773 g/mol. The van der Waals surface area contributed by atoms with Crippen molar-refractivity contribution in [2.45, 2.75) is 62.7 Å². The SMILES string of the molecule is O=C(CCC(=O)N[C@@H](Cc1ccc(O)cc1)C(=O)N[C@@H](Cc1c[nH]c2ccccc12)C(=O)O)N[C@@H](Cc1ccc(O)cc1)C(=O)N[C@@H](Cc1c[nH]c2ccccc12)C(=O)O. The zero-order chi connectivity index (χ0) is 42.8. The molecule has 16 heteroatoms. The first-order chi connectivity index (χ1) is 28.8. The number of rotatable bonds is 19. The Morgan fingerprint density at radius 3 is 1.20 bits per heavy atom. The number of phenols is 2. The number of hydrogen-bond donors (Lipinski definition) is 10. The Hall–Kier alpha value is -7.62. The molecular formula is C44H44N6O10. The van der Waals surface area contributed by atoms with Gasteiger partial charge in [-0.1, -0.05) is 60.7 Å². The van der Waals surface area contributed by atoms with Crippen LogP contribution in [0, 0.1) is 0 Å². The molecule has 4 amide bonds. The molecule has 4 aromatic carbocycles. The van der Waals surface area contributed by atoms with Crippen LogP contribution < -0.4 is 21.3 Å². The first-order valence-electron chi connectivity index (χ1n) is 19.1. The predicted octanol–water partition coefficient (Wildman–Crippen LogP) is 3.22. The minimum atomic E-state index is -1.36. The largest absolute Gasteiger partial charge is 0.508 e. The maximum atomic E-state index is 13.7. The van der Waals surface area contributed by atoms with E-state index in [0.29, 0.717) is 22.3 Å². The van der Waals surface area contributed by atoms with E-state index in [1.165, 1.54) is 24.3 Å². The molecule has 0 aliphatic heterocycles. The van der Waals surface area contributed by atoms with Gasteiger partial charge in [0.25, 0.3) is 0 Å². The molecule has 0 aliphatic carbocycles. The number of aliphatic carboxylic acids is 2. The van der Waals surface area contributed by atoms with Crippen LogP contribution in [-0.2, 0) is 54.5 Å². The summed E-state index contributed by atoms with van der Waals surface area (Å²) < 4.78 is 0. The van der Waals surface area contributed by atoms with Crippen LogP contribution >= 0.6 is 0 Å². The van der Waals surface area contributed by atoms with E-state index in [-0.39, 0.29) is 37.2 Å². The number of carboxylic acid groups (broad SMARTS) is 2. The van der Waals surface area contributed by atoms with Gasteiger partial charge < -0.3 is 51.7 Å². The van der Waals surface area contributed by atoms with Crippen molar-refractivity contribution in [1.82, 2.24) is 31.2 Å². The average molecular weight is 817 g/mol. The second kappa shape index (κ2) is 19.2. The summed E-state index contributed by atoms with van der Waals surface area (Å²) in [4.78, 5) is 84.9. The van der Waals surface area contributed by atoms with Gasteiger partial charge in [-0.05, 0) is 58.7 Å². The molecule has 310 valence electrons. The lowest BCUT2D eigenvalue weighted by Crippen LogP contribution is -2.53. The molecule has 0 unspecified atom stereocenters. The van der Waals surface area contributed by atoms with E-state index in [2.05, 4.69) is 31.2 Å². The Balaban J connectivity index is 1.12. The number of phenolic OH excluding ortho intramolecular Hbond substituents is 2. The van der Waals surface area contributed by atoms with Gasteiger partial charge in [-0.2, -0.15) is 0 Å². The van der Waals surface area contributed by atoms with Gasteiger partial charge in [0.2, 0.25) is 23.6 Å². The van der Waals surface area contributed by atoms with Gasteiger partial charge in [-0.25, -0.2) is 9.59 Å². The number of benzene rings is 4. The molecule has 0 spiro atoms. The molecule has 0 radical (unpaired) electrons. The summed E-state index contributed by atoms with van der Waals surface area (Å²) in [7, 11) is 0. The lowest BCUT2D eigenvalue weighted by molar-refractivity contribution is -0.142. The minimum absolute atomic E-state index is 0.0235. The van der Waals surface area contributed by atoms with E-state index in [1.54, 1.807) is 36.7 Å². The number of aromatic amines is 2. The first-order valence-corrected chi connectivity index (χ1v) is 19.1. The monoisotopic (exact) mass is 816 g/mol. The highest BCUT2D eigenvalue weighted by atomic mass is 16.4. The summed E-state index contributed by atoms with van der Waals surface area (Å²) in [6, 6.07) is 21.1. The maximum absolute atomic E-state index is 13.7. The molecule has 4 atom stereocenters. The van der Waals surface area contributed by atoms with Crippen molar-refractivity contribution in [1.29, 1.82) is 0 Å². The van der Waals surface area contributed by atoms with Gasteiger partial charge in [0.15, 0.2) is 0 Å². The Labute approximate surface area is 343 Å². The highest BCUT2D eigenvalue weighted by Gasteiger charge is 2.30. The molecule has 0 saturated heterocycles. The van der Waals surface area contributed by atoms with E-state index < -0.39 is 72.6 Å². The van der Waals surface area contributed by atoms with E-state index in [1.807, 2.05) is 48.5 Å². The second-order valence-electron chi connectivity index (χ2n) is 14.4. The topological polar surface area (TPSA) is 263 Å². The van der Waals surface area contributed by atoms with E-state index in [9.17, 15) is 49.2 Å². The highest BCUT2D eigenvalue weighted by Crippen LogP contribution is 2.21. The van der Waals surface area contributed by atoms with Crippen molar-refractivity contribution in [2.75, 3.05) is 0 Å². The van der Waals surface area contributed by atoms with Crippen LogP contribution in [0.1, 0.15) is 35.1 Å². The molecule has 0 aliphatic rings. The van der Waals surface area contributed by atoms with Crippen LogP contribution in [0.5, 0.6) is 11.5 Å². The van der Waals surface area contributed by atoms with Gasteiger partial charge in [-0.3, -0.25) is 19.2 Å². The summed E-state index contributed by atoms with van der Waals surface area (Å²) in [5.41, 5.74) is 4.00. The third kappa shape index (κ3) is 11.1. The summed E-state index contributed by atoms with van der Waals surface area (Å²) in [6.45, 7) is 0. The standard InChI is InChI=1S/C44H44N6O10/c51-29-13-9-25(10-14-29)19-35(41(55)49-37(43(57)58)21-27-23-45-33-7-3-1-5-31(27)33)47-39(53)17-18-40(54)48-36(20-26-11-15-30(52)16-12-26)42(56)50-38(44(59)60)22-28-24-46-34-8-4-2-6-32(28)34/h1-16,23-24,35-38,45-46,51-52H,17-22H2,(H,47,53)(H,48,54)(H,49,55)(H,50,56)(H,57,58)(H,59,60)/t35-,36-,37-,38-/m0/s1. The summed E-state index contributed by atoms with van der Waals surface area (Å²) in [5.74, 6) is -5.67. The highest BCUT2D eigenvalue weighted by molar-refractivity contribution is 5.94. The predicted molar refractivity (Wildman–Crippen MR) is 220 cm³/mol. The summed E-state index contributed by atoms with van der Waals surface area (Å²) in [5, 5.41) is 51.5. The van der Waals surface area contributed by atoms with Gasteiger partial charge in [-0.15, -0.1) is 0 Å². The van der Waals surface area contributed by atoms with Crippen LogP contribution in [0.2, 0.25) is 0 Å². The van der Waals surface area contributed by atoms with Crippen molar-refractivity contribution in [3.63, 3.8) is 0 Å². The first kappa shape index (κ1) is 42.0. The number of carboxylic acids is 2. The van der Waals surface area contributed by atoms with Gasteiger partial charge in [0.1, 0.15) is 35.7 Å². The van der Waals surface area contributed by atoms with Crippen LogP contribution in [0.25, 0.3) is 21.8 Å².